The van der Waals surface area contributed by atoms with Crippen LogP contribution in [0.1, 0.15) is 50.3 Å². The molecule has 0 heterocycles. The smallest absolute Gasteiger partial charge is 0.223 e. The van der Waals surface area contributed by atoms with Crippen molar-refractivity contribution in [2.75, 3.05) is 0 Å². The van der Waals surface area contributed by atoms with Gasteiger partial charge in [0.2, 0.25) is 5.91 Å². The van der Waals surface area contributed by atoms with E-state index < -0.39 is 0 Å². The Balaban J connectivity index is 1.93. The van der Waals surface area contributed by atoms with Gasteiger partial charge >= 0.3 is 0 Å². The van der Waals surface area contributed by atoms with Crippen LogP contribution in [0.15, 0.2) is 24.3 Å². The summed E-state index contributed by atoms with van der Waals surface area (Å²) in [6.45, 7) is 4.20. The number of carbonyl (C=O) groups excluding carboxylic acids is 1. The SMILES string of the molecule is CCc1ccc([C@@H](C)NC(=O)C2CCC2)cc1. The third-order valence-corrected chi connectivity index (χ3v) is 3.72. The molecule has 0 aliphatic heterocycles. The van der Waals surface area contributed by atoms with Crippen LogP contribution in [0.5, 0.6) is 0 Å². The molecule has 0 aromatic heterocycles. The Morgan fingerprint density at radius 2 is 2.00 bits per heavy atom. The monoisotopic (exact) mass is 231 g/mol. The molecule has 1 amide bonds. The van der Waals surface area contributed by atoms with Gasteiger partial charge in [-0.15, -0.1) is 0 Å². The lowest BCUT2D eigenvalue weighted by Gasteiger charge is -2.26. The zero-order valence-electron chi connectivity index (χ0n) is 10.7. The van der Waals surface area contributed by atoms with Crippen LogP contribution >= 0.6 is 0 Å². The molecule has 0 spiro atoms. The largest absolute Gasteiger partial charge is 0.349 e. The van der Waals surface area contributed by atoms with Gasteiger partial charge in [-0.1, -0.05) is 37.6 Å². The van der Waals surface area contributed by atoms with Crippen molar-refractivity contribution < 1.29 is 4.79 Å². The standard InChI is InChI=1S/C15H21NO/c1-3-12-7-9-13(10-8-12)11(2)16-15(17)14-5-4-6-14/h7-11,14H,3-6H2,1-2H3,(H,16,17)/t11-/m1/s1. The zero-order chi connectivity index (χ0) is 12.3. The molecule has 0 bridgehead atoms. The minimum atomic E-state index is 0.119. The third kappa shape index (κ3) is 2.87. The molecule has 1 aliphatic rings. The van der Waals surface area contributed by atoms with Gasteiger partial charge in [-0.3, -0.25) is 4.79 Å². The summed E-state index contributed by atoms with van der Waals surface area (Å²) in [5.74, 6) is 0.496. The number of hydrogen-bond donors (Lipinski definition) is 1. The molecule has 1 saturated carbocycles. The molecule has 1 fully saturated rings. The molecule has 17 heavy (non-hydrogen) atoms. The van der Waals surface area contributed by atoms with E-state index in [0.29, 0.717) is 0 Å². The lowest BCUT2D eigenvalue weighted by Crippen LogP contribution is -2.35. The van der Waals surface area contributed by atoms with Crippen LogP contribution in [0.25, 0.3) is 0 Å². The lowest BCUT2D eigenvalue weighted by atomic mass is 9.84. The summed E-state index contributed by atoms with van der Waals surface area (Å²) in [6.07, 6.45) is 4.39. The van der Waals surface area contributed by atoms with Crippen LogP contribution in [0.4, 0.5) is 0 Å². The molecular formula is C15H21NO. The molecule has 0 unspecified atom stereocenters. The van der Waals surface area contributed by atoms with Crippen LogP contribution in [0.3, 0.4) is 0 Å². The first-order valence-electron chi connectivity index (χ1n) is 6.60. The fraction of sp³-hybridized carbons (Fsp3) is 0.533. The fourth-order valence-electron chi connectivity index (χ4n) is 2.13. The summed E-state index contributed by atoms with van der Waals surface area (Å²) in [6, 6.07) is 8.63. The van der Waals surface area contributed by atoms with Crippen molar-refractivity contribution in [3.63, 3.8) is 0 Å². The second-order valence-corrected chi connectivity index (χ2v) is 4.95. The first-order chi connectivity index (χ1) is 8.20. The van der Waals surface area contributed by atoms with Gasteiger partial charge in [-0.05, 0) is 37.3 Å². The summed E-state index contributed by atoms with van der Waals surface area (Å²) in [4.78, 5) is 11.8. The van der Waals surface area contributed by atoms with Gasteiger partial charge in [-0.2, -0.15) is 0 Å². The highest BCUT2D eigenvalue weighted by Crippen LogP contribution is 2.27. The van der Waals surface area contributed by atoms with Crippen molar-refractivity contribution in [1.82, 2.24) is 5.32 Å². The second-order valence-electron chi connectivity index (χ2n) is 4.95. The fourth-order valence-corrected chi connectivity index (χ4v) is 2.13. The van der Waals surface area contributed by atoms with Crippen molar-refractivity contribution >= 4 is 5.91 Å². The highest BCUT2D eigenvalue weighted by atomic mass is 16.1. The predicted molar refractivity (Wildman–Crippen MR) is 69.7 cm³/mol. The van der Waals surface area contributed by atoms with Crippen LogP contribution in [-0.4, -0.2) is 5.91 Å². The van der Waals surface area contributed by atoms with Gasteiger partial charge in [-0.25, -0.2) is 0 Å². The van der Waals surface area contributed by atoms with Crippen molar-refractivity contribution in [1.29, 1.82) is 0 Å². The highest BCUT2D eigenvalue weighted by Gasteiger charge is 2.26. The summed E-state index contributed by atoms with van der Waals surface area (Å²) >= 11 is 0. The van der Waals surface area contributed by atoms with Crippen LogP contribution in [0, 0.1) is 5.92 Å². The van der Waals surface area contributed by atoms with Crippen molar-refractivity contribution in [2.24, 2.45) is 5.92 Å². The molecule has 1 aromatic rings. The van der Waals surface area contributed by atoms with E-state index in [1.165, 1.54) is 17.5 Å². The molecule has 0 saturated heterocycles. The Morgan fingerprint density at radius 1 is 1.35 bits per heavy atom. The topological polar surface area (TPSA) is 29.1 Å². The molecule has 2 heteroatoms. The Kier molecular flexibility index (Phi) is 3.82. The van der Waals surface area contributed by atoms with Gasteiger partial charge in [0.25, 0.3) is 0 Å². The Labute approximate surface area is 103 Å². The van der Waals surface area contributed by atoms with E-state index in [4.69, 9.17) is 0 Å². The Bertz CT molecular complexity index is 378. The average Bonchev–Trinajstić information content (AvgIpc) is 2.26. The summed E-state index contributed by atoms with van der Waals surface area (Å²) in [7, 11) is 0. The summed E-state index contributed by atoms with van der Waals surface area (Å²) in [5, 5.41) is 3.10. The molecule has 0 radical (unpaired) electrons. The number of benzene rings is 1. The van der Waals surface area contributed by atoms with E-state index in [-0.39, 0.29) is 17.9 Å². The summed E-state index contributed by atoms with van der Waals surface area (Å²) < 4.78 is 0. The molecule has 1 aliphatic carbocycles. The van der Waals surface area contributed by atoms with E-state index in [9.17, 15) is 4.79 Å². The number of hydrogen-bond acceptors (Lipinski definition) is 1. The Morgan fingerprint density at radius 3 is 2.47 bits per heavy atom. The number of nitrogens with one attached hydrogen (secondary N) is 1. The van der Waals surface area contributed by atoms with Gasteiger partial charge in [0.15, 0.2) is 0 Å². The first-order valence-corrected chi connectivity index (χ1v) is 6.60. The van der Waals surface area contributed by atoms with Crippen LogP contribution in [-0.2, 0) is 11.2 Å². The van der Waals surface area contributed by atoms with Gasteiger partial charge < -0.3 is 5.32 Å². The molecule has 1 N–H and O–H groups in total. The zero-order valence-corrected chi connectivity index (χ0v) is 10.7. The Hall–Kier alpha value is -1.31. The lowest BCUT2D eigenvalue weighted by molar-refractivity contribution is -0.128. The van der Waals surface area contributed by atoms with Crippen molar-refractivity contribution in [3.05, 3.63) is 35.4 Å². The quantitative estimate of drug-likeness (QED) is 0.847. The first kappa shape index (κ1) is 12.2. The van der Waals surface area contributed by atoms with Crippen molar-refractivity contribution in [3.8, 4) is 0 Å². The minimum Gasteiger partial charge on any atom is -0.349 e. The normalized spacial score (nSPS) is 17.3. The van der Waals surface area contributed by atoms with E-state index in [1.807, 2.05) is 0 Å². The van der Waals surface area contributed by atoms with E-state index in [1.54, 1.807) is 0 Å². The second kappa shape index (κ2) is 5.35. The maximum Gasteiger partial charge on any atom is 0.223 e. The molecule has 1 aromatic carbocycles. The molecule has 1 atom stereocenters. The van der Waals surface area contributed by atoms with Gasteiger partial charge in [0.1, 0.15) is 0 Å². The van der Waals surface area contributed by atoms with E-state index in [2.05, 4.69) is 43.4 Å². The molecule has 92 valence electrons. The van der Waals surface area contributed by atoms with Gasteiger partial charge in [0.05, 0.1) is 6.04 Å². The maximum absolute atomic E-state index is 11.8. The maximum atomic E-state index is 11.8. The van der Waals surface area contributed by atoms with E-state index >= 15 is 0 Å². The molecular weight excluding hydrogens is 210 g/mol. The predicted octanol–water partition coefficient (Wildman–Crippen LogP) is 3.23. The van der Waals surface area contributed by atoms with Crippen molar-refractivity contribution in [2.45, 2.75) is 45.6 Å². The number of amides is 1. The average molecular weight is 231 g/mol. The van der Waals surface area contributed by atoms with Crippen LogP contribution in [0.2, 0.25) is 0 Å². The number of aryl methyl sites for hydroxylation is 1. The number of rotatable bonds is 4. The summed E-state index contributed by atoms with van der Waals surface area (Å²) in [5.41, 5.74) is 2.53. The minimum absolute atomic E-state index is 0.119. The van der Waals surface area contributed by atoms with Gasteiger partial charge in [0, 0.05) is 5.92 Å². The molecule has 2 nitrogen and oxygen atoms in total. The number of carbonyl (C=O) groups is 1. The van der Waals surface area contributed by atoms with E-state index in [0.717, 1.165) is 19.3 Å². The molecule has 2 rings (SSSR count). The highest BCUT2D eigenvalue weighted by molar-refractivity contribution is 5.79. The third-order valence-electron chi connectivity index (χ3n) is 3.72. The van der Waals surface area contributed by atoms with Crippen LogP contribution < -0.4 is 5.32 Å².